The van der Waals surface area contributed by atoms with Crippen LogP contribution in [0, 0.1) is 5.41 Å². The Morgan fingerprint density at radius 1 is 1.33 bits per heavy atom. The van der Waals surface area contributed by atoms with Gasteiger partial charge < -0.3 is 10.2 Å². The summed E-state index contributed by atoms with van der Waals surface area (Å²) in [7, 11) is 0. The highest BCUT2D eigenvalue weighted by molar-refractivity contribution is 6.10. The van der Waals surface area contributed by atoms with Crippen molar-refractivity contribution in [1.82, 2.24) is 0 Å². The zero-order valence-electron chi connectivity index (χ0n) is 13.3. The quantitative estimate of drug-likeness (QED) is 0.839. The van der Waals surface area contributed by atoms with Crippen molar-refractivity contribution in [3.05, 3.63) is 33.9 Å². The molecule has 2 atom stereocenters. The lowest BCUT2D eigenvalue weighted by molar-refractivity contribution is -0.137. The third kappa shape index (κ3) is 1.84. The molecule has 1 saturated carbocycles. The van der Waals surface area contributed by atoms with E-state index in [0.29, 0.717) is 12.0 Å². The van der Waals surface area contributed by atoms with Crippen molar-refractivity contribution in [2.45, 2.75) is 65.1 Å². The molecule has 2 N–H and O–H groups in total. The summed E-state index contributed by atoms with van der Waals surface area (Å²) in [6, 6.07) is 0. The number of carbonyl (C=O) groups excluding carboxylic acids is 1. The smallest absolute Gasteiger partial charge is 0.195 e. The molecule has 3 aliphatic carbocycles. The third-order valence-electron chi connectivity index (χ3n) is 5.68. The zero-order valence-corrected chi connectivity index (χ0v) is 13.3. The largest absolute Gasteiger partial charge is 0.393 e. The number of carbonyl (C=O) groups is 1. The van der Waals surface area contributed by atoms with E-state index < -0.39 is 5.60 Å². The molecule has 3 rings (SSSR count). The van der Waals surface area contributed by atoms with Crippen molar-refractivity contribution < 1.29 is 15.0 Å². The maximum Gasteiger partial charge on any atom is 0.195 e. The van der Waals surface area contributed by atoms with E-state index in [-0.39, 0.29) is 17.3 Å². The predicted octanol–water partition coefficient (Wildman–Crippen LogP) is 2.83. The number of hydrogen-bond acceptors (Lipinski definition) is 3. The fourth-order valence-corrected chi connectivity index (χ4v) is 4.09. The second-order valence-electron chi connectivity index (χ2n) is 7.09. The first-order chi connectivity index (χ1) is 9.72. The monoisotopic (exact) mass is 288 g/mol. The highest BCUT2D eigenvalue weighted by Crippen LogP contribution is 2.65. The van der Waals surface area contributed by atoms with Gasteiger partial charge in [-0.05, 0) is 76.2 Å². The van der Waals surface area contributed by atoms with Gasteiger partial charge in [-0.25, -0.2) is 0 Å². The number of fused-ring (bicyclic) bond motifs is 1. The molecule has 0 aromatic rings. The standard InChI is InChI=1S/C18H24O3/c1-10-9-14-15(13(10)6-5-11(2)19)12(3)18(7-8-18)17(4,21)16(14)20/h9,11,19,21H,5-8H2,1-4H3/t11?,17-/m0/s1. The van der Waals surface area contributed by atoms with Gasteiger partial charge in [0.15, 0.2) is 5.78 Å². The van der Waals surface area contributed by atoms with E-state index in [4.69, 9.17) is 0 Å². The highest BCUT2D eigenvalue weighted by atomic mass is 16.3. The summed E-state index contributed by atoms with van der Waals surface area (Å²) in [6.07, 6.45) is 4.83. The van der Waals surface area contributed by atoms with Crippen molar-refractivity contribution in [3.63, 3.8) is 0 Å². The van der Waals surface area contributed by atoms with E-state index in [1.807, 2.05) is 13.0 Å². The molecular weight excluding hydrogens is 264 g/mol. The van der Waals surface area contributed by atoms with Crippen LogP contribution in [0.4, 0.5) is 0 Å². The van der Waals surface area contributed by atoms with E-state index in [2.05, 4.69) is 6.92 Å². The fraction of sp³-hybridized carbons (Fsp3) is 0.611. The Morgan fingerprint density at radius 2 is 1.95 bits per heavy atom. The molecule has 0 amide bonds. The Balaban J connectivity index is 2.08. The maximum atomic E-state index is 12.7. The number of aliphatic hydroxyl groups is 2. The molecule has 3 nitrogen and oxygen atoms in total. The summed E-state index contributed by atoms with van der Waals surface area (Å²) in [5.41, 5.74) is 3.55. The van der Waals surface area contributed by atoms with Gasteiger partial charge in [0.2, 0.25) is 0 Å². The van der Waals surface area contributed by atoms with Gasteiger partial charge in [-0.3, -0.25) is 4.79 Å². The lowest BCUT2D eigenvalue weighted by Gasteiger charge is -2.39. The molecule has 0 heterocycles. The summed E-state index contributed by atoms with van der Waals surface area (Å²) in [5, 5.41) is 20.3. The van der Waals surface area contributed by atoms with Crippen LogP contribution in [0.15, 0.2) is 33.9 Å². The van der Waals surface area contributed by atoms with E-state index >= 15 is 0 Å². The zero-order chi connectivity index (χ0) is 15.6. The molecule has 114 valence electrons. The molecule has 3 aliphatic rings. The Labute approximate surface area is 126 Å². The van der Waals surface area contributed by atoms with Crippen LogP contribution in [0.2, 0.25) is 0 Å². The summed E-state index contributed by atoms with van der Waals surface area (Å²) in [4.78, 5) is 12.7. The number of Topliss-reactive ketones (excluding diaryl/α,β-unsaturated/α-hetero) is 1. The van der Waals surface area contributed by atoms with E-state index in [1.54, 1.807) is 13.8 Å². The lowest BCUT2D eigenvalue weighted by atomic mass is 9.67. The minimum Gasteiger partial charge on any atom is -0.393 e. The molecule has 3 heteroatoms. The molecule has 0 aromatic carbocycles. The van der Waals surface area contributed by atoms with Crippen LogP contribution in [-0.4, -0.2) is 27.7 Å². The van der Waals surface area contributed by atoms with Gasteiger partial charge in [-0.1, -0.05) is 5.57 Å². The Morgan fingerprint density at radius 3 is 2.48 bits per heavy atom. The van der Waals surface area contributed by atoms with Crippen molar-refractivity contribution >= 4 is 5.78 Å². The molecule has 1 fully saturated rings. The fourth-order valence-electron chi connectivity index (χ4n) is 4.09. The number of ketones is 1. The molecule has 1 spiro atoms. The average Bonchev–Trinajstić information content (AvgIpc) is 3.14. The van der Waals surface area contributed by atoms with Gasteiger partial charge >= 0.3 is 0 Å². The van der Waals surface area contributed by atoms with Crippen molar-refractivity contribution in [2.24, 2.45) is 5.41 Å². The van der Waals surface area contributed by atoms with Crippen LogP contribution in [-0.2, 0) is 4.79 Å². The van der Waals surface area contributed by atoms with Crippen LogP contribution < -0.4 is 0 Å². The van der Waals surface area contributed by atoms with Crippen molar-refractivity contribution in [2.75, 3.05) is 0 Å². The number of allylic oxidation sites excluding steroid dienone is 4. The highest BCUT2D eigenvalue weighted by Gasteiger charge is 2.64. The van der Waals surface area contributed by atoms with Gasteiger partial charge in [-0.2, -0.15) is 0 Å². The summed E-state index contributed by atoms with van der Waals surface area (Å²) >= 11 is 0. The molecule has 0 bridgehead atoms. The molecule has 0 radical (unpaired) electrons. The normalized spacial score (nSPS) is 31.7. The average molecular weight is 288 g/mol. The number of aliphatic hydroxyl groups excluding tert-OH is 1. The summed E-state index contributed by atoms with van der Waals surface area (Å²) < 4.78 is 0. The van der Waals surface area contributed by atoms with Gasteiger partial charge in [-0.15, -0.1) is 0 Å². The molecule has 21 heavy (non-hydrogen) atoms. The van der Waals surface area contributed by atoms with Crippen LogP contribution >= 0.6 is 0 Å². The molecule has 1 unspecified atom stereocenters. The topological polar surface area (TPSA) is 57.5 Å². The van der Waals surface area contributed by atoms with E-state index in [9.17, 15) is 15.0 Å². The third-order valence-corrected chi connectivity index (χ3v) is 5.68. The summed E-state index contributed by atoms with van der Waals surface area (Å²) in [5.74, 6) is -0.132. The van der Waals surface area contributed by atoms with Crippen molar-refractivity contribution in [1.29, 1.82) is 0 Å². The van der Waals surface area contributed by atoms with Crippen LogP contribution in [0.25, 0.3) is 0 Å². The van der Waals surface area contributed by atoms with Gasteiger partial charge in [0.05, 0.1) is 6.10 Å². The number of rotatable bonds is 3. The molecule has 0 saturated heterocycles. The summed E-state index contributed by atoms with van der Waals surface area (Å²) in [6.45, 7) is 7.55. The predicted molar refractivity (Wildman–Crippen MR) is 81.7 cm³/mol. The van der Waals surface area contributed by atoms with Gasteiger partial charge in [0.1, 0.15) is 5.60 Å². The Hall–Kier alpha value is -1.19. The molecular formula is C18H24O3. The lowest BCUT2D eigenvalue weighted by Crippen LogP contribution is -2.49. The second-order valence-corrected chi connectivity index (χ2v) is 7.09. The Bertz CT molecular complexity index is 610. The minimum absolute atomic E-state index is 0.132. The molecule has 0 aliphatic heterocycles. The van der Waals surface area contributed by atoms with Gasteiger partial charge in [0.25, 0.3) is 0 Å². The SMILES string of the molecule is CC1=C(CCC(C)O)C2=C(C)C3(CC3)[C@@](C)(O)C(=O)C2=C1. The second kappa shape index (κ2) is 4.40. The van der Waals surface area contributed by atoms with E-state index in [0.717, 1.165) is 36.0 Å². The molecule has 0 aromatic heterocycles. The van der Waals surface area contributed by atoms with Crippen LogP contribution in [0.3, 0.4) is 0 Å². The van der Waals surface area contributed by atoms with Crippen LogP contribution in [0.5, 0.6) is 0 Å². The first kappa shape index (κ1) is 14.7. The van der Waals surface area contributed by atoms with Crippen molar-refractivity contribution in [3.8, 4) is 0 Å². The van der Waals surface area contributed by atoms with Crippen LogP contribution in [0.1, 0.15) is 53.4 Å². The first-order valence-electron chi connectivity index (χ1n) is 7.81. The Kier molecular flexibility index (Phi) is 3.09. The maximum absolute atomic E-state index is 12.7. The first-order valence-corrected chi connectivity index (χ1v) is 7.81. The van der Waals surface area contributed by atoms with Gasteiger partial charge in [0, 0.05) is 11.0 Å². The van der Waals surface area contributed by atoms with E-state index in [1.165, 1.54) is 5.57 Å². The minimum atomic E-state index is -1.27. The number of hydrogen-bond donors (Lipinski definition) is 2.